The lowest BCUT2D eigenvalue weighted by Gasteiger charge is -2.12. The van der Waals surface area contributed by atoms with E-state index in [-0.39, 0.29) is 5.82 Å². The van der Waals surface area contributed by atoms with Crippen molar-refractivity contribution in [1.82, 2.24) is 5.32 Å². The molecule has 0 radical (unpaired) electrons. The van der Waals surface area contributed by atoms with E-state index in [0.717, 1.165) is 15.8 Å². The summed E-state index contributed by atoms with van der Waals surface area (Å²) in [6.07, 6.45) is 0. The Morgan fingerprint density at radius 1 is 1.21 bits per heavy atom. The maximum Gasteiger partial charge on any atom is 0.133 e. The SMILES string of the molecule is CNCc1ccc(Br)cc1Oc1ccc(F)c(C)c1. The molecule has 0 aliphatic rings. The van der Waals surface area contributed by atoms with Gasteiger partial charge in [0, 0.05) is 16.6 Å². The van der Waals surface area contributed by atoms with Gasteiger partial charge in [-0.2, -0.15) is 0 Å². The van der Waals surface area contributed by atoms with Crippen LogP contribution in [0.4, 0.5) is 4.39 Å². The summed E-state index contributed by atoms with van der Waals surface area (Å²) < 4.78 is 20.0. The van der Waals surface area contributed by atoms with Crippen LogP contribution in [0.2, 0.25) is 0 Å². The average molecular weight is 324 g/mol. The second-order valence-corrected chi connectivity index (χ2v) is 5.21. The van der Waals surface area contributed by atoms with Crippen molar-refractivity contribution in [2.24, 2.45) is 0 Å². The summed E-state index contributed by atoms with van der Waals surface area (Å²) in [7, 11) is 1.88. The first-order chi connectivity index (χ1) is 9.10. The normalized spacial score (nSPS) is 10.5. The lowest BCUT2D eigenvalue weighted by atomic mass is 10.2. The van der Waals surface area contributed by atoms with Crippen molar-refractivity contribution >= 4 is 15.9 Å². The van der Waals surface area contributed by atoms with Crippen LogP contribution in [0.1, 0.15) is 11.1 Å². The molecule has 100 valence electrons. The van der Waals surface area contributed by atoms with Gasteiger partial charge >= 0.3 is 0 Å². The molecule has 0 spiro atoms. The molecule has 0 amide bonds. The quantitative estimate of drug-likeness (QED) is 0.899. The average Bonchev–Trinajstić information content (AvgIpc) is 2.37. The molecule has 0 unspecified atom stereocenters. The molecule has 0 bridgehead atoms. The molecule has 0 aliphatic carbocycles. The molecule has 0 saturated heterocycles. The number of halogens is 2. The fraction of sp³-hybridized carbons (Fsp3) is 0.200. The topological polar surface area (TPSA) is 21.3 Å². The molecule has 0 aliphatic heterocycles. The molecule has 0 atom stereocenters. The van der Waals surface area contributed by atoms with E-state index < -0.39 is 0 Å². The zero-order valence-corrected chi connectivity index (χ0v) is 12.4. The highest BCUT2D eigenvalue weighted by atomic mass is 79.9. The van der Waals surface area contributed by atoms with Crippen LogP contribution in [-0.2, 0) is 6.54 Å². The van der Waals surface area contributed by atoms with Crippen LogP contribution in [0.15, 0.2) is 40.9 Å². The van der Waals surface area contributed by atoms with Gasteiger partial charge < -0.3 is 10.1 Å². The molecule has 2 rings (SSSR count). The summed E-state index contributed by atoms with van der Waals surface area (Å²) >= 11 is 3.43. The highest BCUT2D eigenvalue weighted by Gasteiger charge is 2.07. The van der Waals surface area contributed by atoms with Gasteiger partial charge in [0.05, 0.1) is 0 Å². The molecule has 19 heavy (non-hydrogen) atoms. The Morgan fingerprint density at radius 3 is 2.68 bits per heavy atom. The summed E-state index contributed by atoms with van der Waals surface area (Å²) in [5, 5.41) is 3.09. The van der Waals surface area contributed by atoms with Gasteiger partial charge in [-0.15, -0.1) is 0 Å². The van der Waals surface area contributed by atoms with Crippen LogP contribution < -0.4 is 10.1 Å². The smallest absolute Gasteiger partial charge is 0.133 e. The predicted octanol–water partition coefficient (Wildman–Crippen LogP) is 4.41. The summed E-state index contributed by atoms with van der Waals surface area (Å²) in [6, 6.07) is 10.6. The van der Waals surface area contributed by atoms with Gasteiger partial charge in [0.1, 0.15) is 17.3 Å². The van der Waals surface area contributed by atoms with Crippen molar-refractivity contribution < 1.29 is 9.13 Å². The summed E-state index contributed by atoms with van der Waals surface area (Å²) in [5.41, 5.74) is 1.62. The fourth-order valence-electron chi connectivity index (χ4n) is 1.77. The summed E-state index contributed by atoms with van der Waals surface area (Å²) in [5.74, 6) is 1.17. The van der Waals surface area contributed by atoms with Crippen molar-refractivity contribution in [3.05, 3.63) is 57.8 Å². The molecule has 1 N–H and O–H groups in total. The minimum absolute atomic E-state index is 0.225. The third-order valence-electron chi connectivity index (χ3n) is 2.75. The van der Waals surface area contributed by atoms with Crippen molar-refractivity contribution in [3.8, 4) is 11.5 Å². The number of nitrogens with one attached hydrogen (secondary N) is 1. The van der Waals surface area contributed by atoms with Crippen molar-refractivity contribution in [2.75, 3.05) is 7.05 Å². The Hall–Kier alpha value is -1.39. The standard InChI is InChI=1S/C15H15BrFNO/c1-10-7-13(5-6-14(10)17)19-15-8-12(16)4-3-11(15)9-18-2/h3-8,18H,9H2,1-2H3. The van der Waals surface area contributed by atoms with Crippen LogP contribution in [0.25, 0.3) is 0 Å². The van der Waals surface area contributed by atoms with E-state index in [0.29, 0.717) is 17.9 Å². The van der Waals surface area contributed by atoms with E-state index in [1.54, 1.807) is 19.1 Å². The molecule has 0 saturated carbocycles. The molecule has 0 aromatic heterocycles. The minimum atomic E-state index is -0.225. The van der Waals surface area contributed by atoms with Gasteiger partial charge in [-0.1, -0.05) is 22.0 Å². The second kappa shape index (κ2) is 6.17. The maximum atomic E-state index is 13.2. The summed E-state index contributed by atoms with van der Waals surface area (Å²) in [4.78, 5) is 0. The van der Waals surface area contributed by atoms with Crippen molar-refractivity contribution in [2.45, 2.75) is 13.5 Å². The van der Waals surface area contributed by atoms with E-state index in [1.165, 1.54) is 6.07 Å². The Balaban J connectivity index is 2.30. The van der Waals surface area contributed by atoms with Gasteiger partial charge in [-0.3, -0.25) is 0 Å². The summed E-state index contributed by atoms with van der Waals surface area (Å²) in [6.45, 7) is 2.43. The largest absolute Gasteiger partial charge is 0.457 e. The molecule has 4 heteroatoms. The maximum absolute atomic E-state index is 13.2. The third kappa shape index (κ3) is 3.55. The van der Waals surface area contributed by atoms with Gasteiger partial charge in [-0.05, 0) is 49.9 Å². The van der Waals surface area contributed by atoms with E-state index >= 15 is 0 Å². The first-order valence-corrected chi connectivity index (χ1v) is 6.76. The zero-order chi connectivity index (χ0) is 13.8. The van der Waals surface area contributed by atoms with Crippen LogP contribution >= 0.6 is 15.9 Å². The minimum Gasteiger partial charge on any atom is -0.457 e. The van der Waals surface area contributed by atoms with Crippen LogP contribution in [0, 0.1) is 12.7 Å². The Labute approximate surface area is 120 Å². The van der Waals surface area contributed by atoms with Gasteiger partial charge in [0.2, 0.25) is 0 Å². The third-order valence-corrected chi connectivity index (χ3v) is 3.25. The first-order valence-electron chi connectivity index (χ1n) is 5.97. The van der Waals surface area contributed by atoms with Crippen LogP contribution in [0.3, 0.4) is 0 Å². The molecule has 2 aromatic rings. The van der Waals surface area contributed by atoms with Gasteiger partial charge in [-0.25, -0.2) is 4.39 Å². The number of rotatable bonds is 4. The second-order valence-electron chi connectivity index (χ2n) is 4.30. The van der Waals surface area contributed by atoms with E-state index in [9.17, 15) is 4.39 Å². The van der Waals surface area contributed by atoms with Crippen LogP contribution in [0.5, 0.6) is 11.5 Å². The van der Waals surface area contributed by atoms with Crippen molar-refractivity contribution in [3.63, 3.8) is 0 Å². The Kier molecular flexibility index (Phi) is 4.56. The van der Waals surface area contributed by atoms with Gasteiger partial charge in [0.15, 0.2) is 0 Å². The first kappa shape index (κ1) is 14.0. The van der Waals surface area contributed by atoms with Gasteiger partial charge in [0.25, 0.3) is 0 Å². The van der Waals surface area contributed by atoms with Crippen molar-refractivity contribution in [1.29, 1.82) is 0 Å². The number of ether oxygens (including phenoxy) is 1. The zero-order valence-electron chi connectivity index (χ0n) is 10.8. The molecule has 0 fully saturated rings. The lowest BCUT2D eigenvalue weighted by Crippen LogP contribution is -2.06. The predicted molar refractivity (Wildman–Crippen MR) is 78.1 cm³/mol. The number of hydrogen-bond acceptors (Lipinski definition) is 2. The van der Waals surface area contributed by atoms with E-state index in [2.05, 4.69) is 21.2 Å². The molecule has 2 aromatic carbocycles. The van der Waals surface area contributed by atoms with Crippen LogP contribution in [-0.4, -0.2) is 7.05 Å². The molecular formula is C15H15BrFNO. The van der Waals surface area contributed by atoms with E-state index in [4.69, 9.17) is 4.74 Å². The molecular weight excluding hydrogens is 309 g/mol. The fourth-order valence-corrected chi connectivity index (χ4v) is 2.11. The highest BCUT2D eigenvalue weighted by Crippen LogP contribution is 2.29. The number of aryl methyl sites for hydroxylation is 1. The van der Waals surface area contributed by atoms with E-state index in [1.807, 2.05) is 25.2 Å². The molecule has 2 nitrogen and oxygen atoms in total. The lowest BCUT2D eigenvalue weighted by molar-refractivity contribution is 0.471. The Morgan fingerprint density at radius 2 is 2.00 bits per heavy atom. The Bertz CT molecular complexity index is 586. The monoisotopic (exact) mass is 323 g/mol. The number of hydrogen-bond donors (Lipinski definition) is 1. The number of benzene rings is 2. The molecule has 0 heterocycles. The highest BCUT2D eigenvalue weighted by molar-refractivity contribution is 9.10.